The molecule has 1 unspecified atom stereocenters. The highest BCUT2D eigenvalue weighted by Gasteiger charge is 2.09. The van der Waals surface area contributed by atoms with Crippen LogP contribution in [0.25, 0.3) is 0 Å². The Morgan fingerprint density at radius 1 is 1.30 bits per heavy atom. The summed E-state index contributed by atoms with van der Waals surface area (Å²) in [5, 5.41) is 10.2. The molecule has 1 aromatic carbocycles. The Bertz CT molecular complexity index is 401. The molecule has 5 nitrogen and oxygen atoms in total. The molecule has 20 heavy (non-hydrogen) atoms. The van der Waals surface area contributed by atoms with Crippen LogP contribution in [0.1, 0.15) is 18.5 Å². The van der Waals surface area contributed by atoms with E-state index in [2.05, 4.69) is 0 Å². The summed E-state index contributed by atoms with van der Waals surface area (Å²) in [7, 11) is 1.59. The molecule has 0 fully saturated rings. The van der Waals surface area contributed by atoms with E-state index >= 15 is 0 Å². The molecule has 0 aliphatic rings. The fraction of sp³-hybridized carbons (Fsp3) is 0.571. The van der Waals surface area contributed by atoms with Crippen molar-refractivity contribution < 1.29 is 19.3 Å². The quantitative estimate of drug-likeness (QED) is 0.680. The number of halogens is 1. The van der Waals surface area contributed by atoms with Crippen LogP contribution in [0.2, 0.25) is 5.02 Å². The van der Waals surface area contributed by atoms with Crippen LogP contribution in [0.3, 0.4) is 0 Å². The highest BCUT2D eigenvalue weighted by atomic mass is 35.5. The second-order valence-electron chi connectivity index (χ2n) is 4.51. The minimum atomic E-state index is -0.712. The van der Waals surface area contributed by atoms with E-state index in [0.717, 1.165) is 5.56 Å². The SMILES string of the molecule is COCCOCC(O)COc1ccc([C@H](C)N)cc1Cl. The van der Waals surface area contributed by atoms with Gasteiger partial charge in [-0.15, -0.1) is 0 Å². The molecule has 0 heterocycles. The maximum atomic E-state index is 9.69. The monoisotopic (exact) mass is 303 g/mol. The third-order valence-electron chi connectivity index (χ3n) is 2.65. The summed E-state index contributed by atoms with van der Waals surface area (Å²) >= 11 is 6.09. The Labute approximate surface area is 124 Å². The molecule has 0 aromatic heterocycles. The van der Waals surface area contributed by atoms with E-state index in [1.165, 1.54) is 0 Å². The molecule has 3 N–H and O–H groups in total. The van der Waals surface area contributed by atoms with E-state index in [1.54, 1.807) is 19.2 Å². The van der Waals surface area contributed by atoms with E-state index in [1.807, 2.05) is 13.0 Å². The second kappa shape index (κ2) is 9.15. The van der Waals surface area contributed by atoms with Crippen molar-refractivity contribution in [1.29, 1.82) is 0 Å². The highest BCUT2D eigenvalue weighted by Crippen LogP contribution is 2.27. The molecule has 0 bridgehead atoms. The molecule has 0 saturated heterocycles. The van der Waals surface area contributed by atoms with Gasteiger partial charge in [-0.25, -0.2) is 0 Å². The van der Waals surface area contributed by atoms with E-state index in [-0.39, 0.29) is 19.3 Å². The smallest absolute Gasteiger partial charge is 0.138 e. The molecule has 0 aliphatic heterocycles. The Morgan fingerprint density at radius 2 is 2.05 bits per heavy atom. The van der Waals surface area contributed by atoms with Crippen LogP contribution in [0.15, 0.2) is 18.2 Å². The van der Waals surface area contributed by atoms with Crippen molar-refractivity contribution in [2.75, 3.05) is 33.5 Å². The number of methoxy groups -OCH3 is 1. The van der Waals surface area contributed by atoms with Crippen LogP contribution in [0.5, 0.6) is 5.75 Å². The Hall–Kier alpha value is -0.850. The van der Waals surface area contributed by atoms with Gasteiger partial charge >= 0.3 is 0 Å². The molecule has 0 radical (unpaired) electrons. The van der Waals surface area contributed by atoms with Gasteiger partial charge in [0.15, 0.2) is 0 Å². The number of ether oxygens (including phenoxy) is 3. The fourth-order valence-corrected chi connectivity index (χ4v) is 1.76. The van der Waals surface area contributed by atoms with Crippen molar-refractivity contribution in [2.45, 2.75) is 19.1 Å². The zero-order valence-corrected chi connectivity index (χ0v) is 12.6. The molecular weight excluding hydrogens is 282 g/mol. The lowest BCUT2D eigenvalue weighted by Crippen LogP contribution is -2.24. The van der Waals surface area contributed by atoms with Crippen molar-refractivity contribution in [1.82, 2.24) is 0 Å². The average Bonchev–Trinajstić information content (AvgIpc) is 2.42. The first-order chi connectivity index (χ1) is 9.54. The molecule has 0 amide bonds. The molecule has 1 aromatic rings. The van der Waals surface area contributed by atoms with Gasteiger partial charge in [0.2, 0.25) is 0 Å². The van der Waals surface area contributed by atoms with Gasteiger partial charge in [0.05, 0.1) is 24.8 Å². The maximum absolute atomic E-state index is 9.69. The zero-order chi connectivity index (χ0) is 15.0. The second-order valence-corrected chi connectivity index (χ2v) is 4.92. The van der Waals surface area contributed by atoms with Gasteiger partial charge in [0.1, 0.15) is 18.5 Å². The first-order valence-corrected chi connectivity index (χ1v) is 6.85. The maximum Gasteiger partial charge on any atom is 0.138 e. The van der Waals surface area contributed by atoms with Gasteiger partial charge in [-0.1, -0.05) is 17.7 Å². The Morgan fingerprint density at radius 3 is 2.65 bits per heavy atom. The van der Waals surface area contributed by atoms with Gasteiger partial charge < -0.3 is 25.1 Å². The van der Waals surface area contributed by atoms with Crippen LogP contribution in [-0.2, 0) is 9.47 Å². The third kappa shape index (κ3) is 6.07. The third-order valence-corrected chi connectivity index (χ3v) is 2.95. The summed E-state index contributed by atoms with van der Waals surface area (Å²) in [4.78, 5) is 0. The molecule has 0 aliphatic carbocycles. The fourth-order valence-electron chi connectivity index (χ4n) is 1.51. The first-order valence-electron chi connectivity index (χ1n) is 6.47. The van der Waals surface area contributed by atoms with Crippen molar-refractivity contribution in [2.24, 2.45) is 5.73 Å². The van der Waals surface area contributed by atoms with E-state index in [9.17, 15) is 5.11 Å². The molecule has 0 spiro atoms. The first kappa shape index (κ1) is 17.2. The lowest BCUT2D eigenvalue weighted by Gasteiger charge is -2.14. The predicted molar refractivity (Wildman–Crippen MR) is 78.3 cm³/mol. The van der Waals surface area contributed by atoms with Crippen LogP contribution in [0.4, 0.5) is 0 Å². The summed E-state index contributed by atoms with van der Waals surface area (Å²) < 4.78 is 15.5. The van der Waals surface area contributed by atoms with Crippen LogP contribution < -0.4 is 10.5 Å². The standard InChI is InChI=1S/C14H22ClNO4/c1-10(16)11-3-4-14(13(15)7-11)20-9-12(17)8-19-6-5-18-2/h3-4,7,10,12,17H,5-6,8-9,16H2,1-2H3/t10-,12?/m0/s1. The summed E-state index contributed by atoms with van der Waals surface area (Å²) in [6, 6.07) is 5.29. The molecule has 114 valence electrons. The summed E-state index contributed by atoms with van der Waals surface area (Å²) in [5.74, 6) is 0.520. The number of aliphatic hydroxyl groups excluding tert-OH is 1. The predicted octanol–water partition coefficient (Wildman–Crippen LogP) is 1.76. The number of hydrogen-bond acceptors (Lipinski definition) is 5. The lowest BCUT2D eigenvalue weighted by molar-refractivity contribution is -0.00418. The zero-order valence-electron chi connectivity index (χ0n) is 11.8. The number of hydrogen-bond donors (Lipinski definition) is 2. The van der Waals surface area contributed by atoms with Gasteiger partial charge in [-0.2, -0.15) is 0 Å². The highest BCUT2D eigenvalue weighted by molar-refractivity contribution is 6.32. The summed E-state index contributed by atoms with van der Waals surface area (Å²) in [6.07, 6.45) is -0.712. The molecule has 0 saturated carbocycles. The number of nitrogens with two attached hydrogens (primary N) is 1. The van der Waals surface area contributed by atoms with Crippen molar-refractivity contribution in [3.63, 3.8) is 0 Å². The van der Waals surface area contributed by atoms with Gasteiger partial charge in [-0.05, 0) is 24.6 Å². The number of aliphatic hydroxyl groups is 1. The number of benzene rings is 1. The molecule has 1 rings (SSSR count). The minimum absolute atomic E-state index is 0.0821. The van der Waals surface area contributed by atoms with E-state index in [4.69, 9.17) is 31.5 Å². The summed E-state index contributed by atoms with van der Waals surface area (Å²) in [6.45, 7) is 3.13. The van der Waals surface area contributed by atoms with Crippen LogP contribution >= 0.6 is 11.6 Å². The molecule has 6 heteroatoms. The van der Waals surface area contributed by atoms with Gasteiger partial charge in [0, 0.05) is 13.2 Å². The van der Waals surface area contributed by atoms with Gasteiger partial charge in [0.25, 0.3) is 0 Å². The molecular formula is C14H22ClNO4. The van der Waals surface area contributed by atoms with Crippen molar-refractivity contribution >= 4 is 11.6 Å². The Balaban J connectivity index is 2.37. The average molecular weight is 304 g/mol. The lowest BCUT2D eigenvalue weighted by atomic mass is 10.1. The van der Waals surface area contributed by atoms with Crippen LogP contribution in [0, 0.1) is 0 Å². The minimum Gasteiger partial charge on any atom is -0.489 e. The topological polar surface area (TPSA) is 73.9 Å². The van der Waals surface area contributed by atoms with E-state index in [0.29, 0.717) is 24.0 Å². The normalized spacial score (nSPS) is 14.1. The number of rotatable bonds is 9. The Kier molecular flexibility index (Phi) is 7.87. The van der Waals surface area contributed by atoms with E-state index < -0.39 is 6.10 Å². The largest absolute Gasteiger partial charge is 0.489 e. The van der Waals surface area contributed by atoms with Crippen LogP contribution in [-0.4, -0.2) is 44.7 Å². The molecule has 2 atom stereocenters. The van der Waals surface area contributed by atoms with Gasteiger partial charge in [-0.3, -0.25) is 0 Å². The summed E-state index contributed by atoms with van der Waals surface area (Å²) in [5.41, 5.74) is 6.70. The van der Waals surface area contributed by atoms with Crippen molar-refractivity contribution in [3.8, 4) is 5.75 Å². The van der Waals surface area contributed by atoms with Crippen molar-refractivity contribution in [3.05, 3.63) is 28.8 Å².